The van der Waals surface area contributed by atoms with Gasteiger partial charge in [0.15, 0.2) is 5.76 Å². The van der Waals surface area contributed by atoms with Crippen LogP contribution in [0.1, 0.15) is 24.1 Å². The Bertz CT molecular complexity index is 462. The molecule has 0 saturated heterocycles. The highest BCUT2D eigenvalue weighted by molar-refractivity contribution is 5.61. The van der Waals surface area contributed by atoms with Gasteiger partial charge in [-0.15, -0.1) is 0 Å². The Morgan fingerprint density at radius 3 is 2.73 bits per heavy atom. The third-order valence-electron chi connectivity index (χ3n) is 2.90. The Kier molecular flexibility index (Phi) is 2.02. The highest BCUT2D eigenvalue weighted by Gasteiger charge is 2.19. The fourth-order valence-corrected chi connectivity index (χ4v) is 2.12. The molecule has 15 heavy (non-hydrogen) atoms. The maximum absolute atomic E-state index is 5.43. The van der Waals surface area contributed by atoms with Gasteiger partial charge in [-0.1, -0.05) is 5.16 Å². The highest BCUT2D eigenvalue weighted by atomic mass is 16.5. The van der Waals surface area contributed by atoms with Gasteiger partial charge in [0, 0.05) is 23.5 Å². The second-order valence-corrected chi connectivity index (χ2v) is 3.88. The van der Waals surface area contributed by atoms with Crippen LogP contribution in [-0.4, -0.2) is 10.1 Å². The van der Waals surface area contributed by atoms with Crippen molar-refractivity contribution < 1.29 is 4.52 Å². The molecular formula is C12H12N2O. The lowest BCUT2D eigenvalue weighted by atomic mass is 9.94. The Morgan fingerprint density at radius 2 is 1.87 bits per heavy atom. The van der Waals surface area contributed by atoms with Gasteiger partial charge in [0.25, 0.3) is 0 Å². The lowest BCUT2D eigenvalue weighted by Gasteiger charge is -2.08. The number of hydrogen-bond acceptors (Lipinski definition) is 3. The molecule has 3 nitrogen and oxygen atoms in total. The van der Waals surface area contributed by atoms with E-state index in [1.165, 1.54) is 18.4 Å². The first-order valence-corrected chi connectivity index (χ1v) is 5.33. The van der Waals surface area contributed by atoms with Gasteiger partial charge in [-0.2, -0.15) is 0 Å². The van der Waals surface area contributed by atoms with E-state index in [4.69, 9.17) is 4.52 Å². The summed E-state index contributed by atoms with van der Waals surface area (Å²) in [6.45, 7) is 0. The predicted octanol–water partition coefficient (Wildman–Crippen LogP) is 2.62. The Labute approximate surface area is 88.1 Å². The molecule has 0 fully saturated rings. The topological polar surface area (TPSA) is 38.9 Å². The molecule has 1 aliphatic carbocycles. The van der Waals surface area contributed by atoms with E-state index in [-0.39, 0.29) is 0 Å². The molecule has 0 N–H and O–H groups in total. The van der Waals surface area contributed by atoms with Crippen LogP contribution in [0.2, 0.25) is 0 Å². The van der Waals surface area contributed by atoms with Crippen LogP contribution in [-0.2, 0) is 12.8 Å². The molecule has 1 aliphatic rings. The summed E-state index contributed by atoms with van der Waals surface area (Å²) in [4.78, 5) is 4.01. The predicted molar refractivity (Wildman–Crippen MR) is 56.4 cm³/mol. The number of aromatic nitrogens is 2. The second kappa shape index (κ2) is 3.50. The summed E-state index contributed by atoms with van der Waals surface area (Å²) < 4.78 is 5.43. The molecule has 0 aromatic carbocycles. The zero-order valence-corrected chi connectivity index (χ0v) is 8.44. The van der Waals surface area contributed by atoms with Crippen molar-refractivity contribution in [3.05, 3.63) is 35.8 Å². The molecule has 0 unspecified atom stereocenters. The second-order valence-electron chi connectivity index (χ2n) is 3.88. The SMILES string of the molecule is c1cc(-c2onc3c2CCCC3)ccn1. The molecule has 0 spiro atoms. The standard InChI is InChI=1S/C12H12N2O/c1-2-4-11-10(3-1)12(15-14-11)9-5-7-13-8-6-9/h5-8H,1-4H2. The van der Waals surface area contributed by atoms with E-state index in [1.807, 2.05) is 12.1 Å². The molecule has 2 heterocycles. The summed E-state index contributed by atoms with van der Waals surface area (Å²) in [6.07, 6.45) is 8.20. The van der Waals surface area contributed by atoms with Crippen LogP contribution in [0.3, 0.4) is 0 Å². The van der Waals surface area contributed by atoms with Gasteiger partial charge in [-0.05, 0) is 37.8 Å². The maximum Gasteiger partial charge on any atom is 0.170 e. The van der Waals surface area contributed by atoms with Crippen LogP contribution >= 0.6 is 0 Å². The molecule has 76 valence electrons. The van der Waals surface area contributed by atoms with Crippen LogP contribution < -0.4 is 0 Å². The Hall–Kier alpha value is -1.64. The largest absolute Gasteiger partial charge is 0.356 e. The molecule has 0 amide bonds. The van der Waals surface area contributed by atoms with Gasteiger partial charge in [0.1, 0.15) is 0 Å². The summed E-state index contributed by atoms with van der Waals surface area (Å²) in [5.41, 5.74) is 3.53. The third-order valence-corrected chi connectivity index (χ3v) is 2.90. The van der Waals surface area contributed by atoms with Crippen molar-refractivity contribution >= 4 is 0 Å². The monoisotopic (exact) mass is 200 g/mol. The van der Waals surface area contributed by atoms with Crippen LogP contribution in [0.15, 0.2) is 29.0 Å². The van der Waals surface area contributed by atoms with E-state index in [0.29, 0.717) is 0 Å². The zero-order valence-electron chi connectivity index (χ0n) is 8.44. The molecule has 2 aromatic rings. The van der Waals surface area contributed by atoms with Crippen molar-refractivity contribution in [1.82, 2.24) is 10.1 Å². The van der Waals surface area contributed by atoms with E-state index >= 15 is 0 Å². The molecule has 3 heteroatoms. The lowest BCUT2D eigenvalue weighted by Crippen LogP contribution is -2.01. The summed E-state index contributed by atoms with van der Waals surface area (Å²) in [5.74, 6) is 0.937. The Balaban J connectivity index is 2.09. The Morgan fingerprint density at radius 1 is 1.07 bits per heavy atom. The van der Waals surface area contributed by atoms with Crippen LogP contribution in [0.5, 0.6) is 0 Å². The summed E-state index contributed by atoms with van der Waals surface area (Å²) >= 11 is 0. The molecule has 3 rings (SSSR count). The third kappa shape index (κ3) is 1.44. The van der Waals surface area contributed by atoms with Gasteiger partial charge in [-0.3, -0.25) is 4.98 Å². The van der Waals surface area contributed by atoms with Crippen molar-refractivity contribution in [2.24, 2.45) is 0 Å². The molecule has 0 aliphatic heterocycles. The van der Waals surface area contributed by atoms with Gasteiger partial charge in [0.2, 0.25) is 0 Å². The number of hydrogen-bond donors (Lipinski definition) is 0. The molecule has 0 saturated carbocycles. The molecule has 0 radical (unpaired) electrons. The van der Waals surface area contributed by atoms with E-state index < -0.39 is 0 Å². The minimum absolute atomic E-state index is 0.937. The van der Waals surface area contributed by atoms with Crippen molar-refractivity contribution in [2.45, 2.75) is 25.7 Å². The first-order chi connectivity index (χ1) is 7.45. The molecule has 0 atom stereocenters. The summed E-state index contributed by atoms with van der Waals surface area (Å²) in [6, 6.07) is 3.94. The number of nitrogens with zero attached hydrogens (tertiary/aromatic N) is 2. The lowest BCUT2D eigenvalue weighted by molar-refractivity contribution is 0.423. The van der Waals surface area contributed by atoms with Gasteiger partial charge >= 0.3 is 0 Å². The number of aryl methyl sites for hydroxylation is 1. The normalized spacial score (nSPS) is 14.9. The summed E-state index contributed by atoms with van der Waals surface area (Å²) in [5, 5.41) is 4.14. The van der Waals surface area contributed by atoms with Gasteiger partial charge < -0.3 is 4.52 Å². The maximum atomic E-state index is 5.43. The van der Waals surface area contributed by atoms with E-state index in [2.05, 4.69) is 10.1 Å². The van der Waals surface area contributed by atoms with Crippen LogP contribution in [0.4, 0.5) is 0 Å². The highest BCUT2D eigenvalue weighted by Crippen LogP contribution is 2.30. The van der Waals surface area contributed by atoms with Crippen molar-refractivity contribution in [3.8, 4) is 11.3 Å². The minimum Gasteiger partial charge on any atom is -0.356 e. The number of fused-ring (bicyclic) bond motifs is 1. The van der Waals surface area contributed by atoms with Gasteiger partial charge in [0.05, 0.1) is 5.69 Å². The van der Waals surface area contributed by atoms with Crippen LogP contribution in [0, 0.1) is 0 Å². The first-order valence-electron chi connectivity index (χ1n) is 5.33. The average Bonchev–Trinajstić information content (AvgIpc) is 2.74. The fraction of sp³-hybridized carbons (Fsp3) is 0.333. The van der Waals surface area contributed by atoms with Crippen LogP contribution in [0.25, 0.3) is 11.3 Å². The van der Waals surface area contributed by atoms with E-state index in [1.54, 1.807) is 12.4 Å². The van der Waals surface area contributed by atoms with Crippen molar-refractivity contribution in [3.63, 3.8) is 0 Å². The molecule has 0 bridgehead atoms. The van der Waals surface area contributed by atoms with E-state index in [9.17, 15) is 0 Å². The summed E-state index contributed by atoms with van der Waals surface area (Å²) in [7, 11) is 0. The minimum atomic E-state index is 0.937. The quantitative estimate of drug-likeness (QED) is 0.710. The van der Waals surface area contributed by atoms with Crippen molar-refractivity contribution in [2.75, 3.05) is 0 Å². The average molecular weight is 200 g/mol. The molecule has 2 aromatic heterocycles. The first kappa shape index (κ1) is 8.65. The smallest absolute Gasteiger partial charge is 0.170 e. The van der Waals surface area contributed by atoms with Crippen molar-refractivity contribution in [1.29, 1.82) is 0 Å². The van der Waals surface area contributed by atoms with E-state index in [0.717, 1.165) is 29.9 Å². The number of pyridine rings is 1. The molecular weight excluding hydrogens is 188 g/mol. The fourth-order valence-electron chi connectivity index (χ4n) is 2.12. The number of rotatable bonds is 1. The van der Waals surface area contributed by atoms with Gasteiger partial charge in [-0.25, -0.2) is 0 Å². The zero-order chi connectivity index (χ0) is 10.1.